The molecule has 11 heteroatoms. The van der Waals surface area contributed by atoms with Crippen LogP contribution in [0.4, 0.5) is 5.69 Å². The second kappa shape index (κ2) is 16.4. The van der Waals surface area contributed by atoms with Crippen molar-refractivity contribution in [3.63, 3.8) is 0 Å². The molecule has 3 aromatic rings. The quantitative estimate of drug-likeness (QED) is 0.106. The number of ether oxygens (including phenoxy) is 2. The number of amides is 3. The third kappa shape index (κ3) is 7.18. The van der Waals surface area contributed by atoms with Crippen molar-refractivity contribution in [2.24, 2.45) is 17.8 Å². The summed E-state index contributed by atoms with van der Waals surface area (Å²) in [7, 11) is 0. The van der Waals surface area contributed by atoms with Gasteiger partial charge in [0.15, 0.2) is 0 Å². The minimum absolute atomic E-state index is 0.0293. The number of halogens is 1. The molecule has 3 aromatic carbocycles. The van der Waals surface area contributed by atoms with E-state index in [9.17, 15) is 19.5 Å². The van der Waals surface area contributed by atoms with Crippen LogP contribution in [0.1, 0.15) is 51.2 Å². The molecule has 2 bridgehead atoms. The number of fused-ring (bicyclic) bond motifs is 2. The molecule has 1 spiro atoms. The zero-order valence-corrected chi connectivity index (χ0v) is 31.8. The molecular weight excluding hydrogens is 738 g/mol. The number of allylic oxidation sites excluding steroid dienone is 1. The van der Waals surface area contributed by atoms with Crippen LogP contribution >= 0.6 is 15.9 Å². The predicted octanol–water partition coefficient (Wildman–Crippen LogP) is 5.88. The number of carbonyl (C=O) groups is 4. The first kappa shape index (κ1) is 38.4. The molecule has 3 amide bonds. The van der Waals surface area contributed by atoms with Crippen LogP contribution in [0.3, 0.4) is 0 Å². The average Bonchev–Trinajstić information content (AvgIpc) is 3.77. The third-order valence-electron chi connectivity index (χ3n) is 11.2. The molecule has 0 aliphatic carbocycles. The fourth-order valence-electron chi connectivity index (χ4n) is 8.37. The van der Waals surface area contributed by atoms with Gasteiger partial charge in [-0.05, 0) is 47.2 Å². The van der Waals surface area contributed by atoms with E-state index in [0.29, 0.717) is 30.5 Å². The minimum atomic E-state index is -1.38. The predicted molar refractivity (Wildman–Crippen MR) is 207 cm³/mol. The summed E-state index contributed by atoms with van der Waals surface area (Å²) in [4.78, 5) is 59.9. The van der Waals surface area contributed by atoms with E-state index in [0.717, 1.165) is 10.8 Å². The lowest BCUT2D eigenvalue weighted by atomic mass is 9.70. The van der Waals surface area contributed by atoms with Gasteiger partial charge >= 0.3 is 5.97 Å². The zero-order valence-electron chi connectivity index (χ0n) is 30.2. The summed E-state index contributed by atoms with van der Waals surface area (Å²) in [6.45, 7) is 11.3. The molecule has 0 saturated carbocycles. The number of carbonyl (C=O) groups excluding carboxylic acids is 4. The number of alkyl halides is 1. The Balaban J connectivity index is 1.38. The molecule has 3 saturated heterocycles. The molecule has 0 aromatic heterocycles. The van der Waals surface area contributed by atoms with E-state index < -0.39 is 53.6 Å². The van der Waals surface area contributed by atoms with Gasteiger partial charge in [0.25, 0.3) is 5.91 Å². The first-order valence-corrected chi connectivity index (χ1v) is 19.3. The van der Waals surface area contributed by atoms with Crippen LogP contribution in [0.15, 0.2) is 98.1 Å². The van der Waals surface area contributed by atoms with Gasteiger partial charge in [-0.1, -0.05) is 109 Å². The number of nitrogens with one attached hydrogen (secondary N) is 1. The molecule has 53 heavy (non-hydrogen) atoms. The molecule has 10 nitrogen and oxygen atoms in total. The summed E-state index contributed by atoms with van der Waals surface area (Å²) < 4.78 is 13.0. The van der Waals surface area contributed by atoms with Gasteiger partial charge in [0.05, 0.1) is 37.1 Å². The number of rotatable bonds is 16. The fourth-order valence-corrected chi connectivity index (χ4v) is 9.32. The van der Waals surface area contributed by atoms with Crippen molar-refractivity contribution in [3.05, 3.63) is 104 Å². The lowest BCUT2D eigenvalue weighted by molar-refractivity contribution is -0.161. The number of aliphatic hydroxyl groups excluding tert-OH is 1. The third-order valence-corrected chi connectivity index (χ3v) is 12.0. The van der Waals surface area contributed by atoms with Gasteiger partial charge in [-0.2, -0.15) is 0 Å². The van der Waals surface area contributed by atoms with Crippen LogP contribution in [-0.2, 0) is 28.7 Å². The van der Waals surface area contributed by atoms with Crippen LogP contribution in [0.2, 0.25) is 0 Å². The van der Waals surface area contributed by atoms with Crippen molar-refractivity contribution in [1.29, 1.82) is 0 Å². The maximum absolute atomic E-state index is 15.2. The van der Waals surface area contributed by atoms with Crippen molar-refractivity contribution >= 4 is 56.1 Å². The standard InChI is InChI=1S/C42H48BrN3O7/c1-5-8-18-34(48)44-24-33(28-15-10-9-11-16-28)52-41(51)35-36-39(49)46(32(25-47)26(4)7-3)38(42(36)23-31(43)37(35)53-42)40(50)45(21-6-2)30-20-19-27-14-12-13-17-29(27)22-30/h5-6,9-17,19-20,22,26,31-33,35-38,47H,1-2,7-8,18,21,23-25H2,3-4H3,(H,44,48)/t26-,31?,32-,33+,35+,36-,37+,38+,42-/m0/s1. The normalized spacial score (nSPS) is 26.1. The highest BCUT2D eigenvalue weighted by molar-refractivity contribution is 9.09. The van der Waals surface area contributed by atoms with Crippen LogP contribution in [0, 0.1) is 17.8 Å². The van der Waals surface area contributed by atoms with E-state index in [4.69, 9.17) is 9.47 Å². The molecular formula is C42H48BrN3O7. The molecule has 2 N–H and O–H groups in total. The number of anilines is 1. The van der Waals surface area contributed by atoms with Crippen LogP contribution in [0.25, 0.3) is 10.8 Å². The Hall–Kier alpha value is -4.32. The van der Waals surface area contributed by atoms with Gasteiger partial charge in [0, 0.05) is 23.5 Å². The summed E-state index contributed by atoms with van der Waals surface area (Å²) in [5.41, 5.74) is -0.0710. The summed E-state index contributed by atoms with van der Waals surface area (Å²) >= 11 is 3.76. The van der Waals surface area contributed by atoms with Gasteiger partial charge in [-0.15, -0.1) is 13.2 Å². The van der Waals surface area contributed by atoms with Crippen molar-refractivity contribution in [2.75, 3.05) is 24.6 Å². The van der Waals surface area contributed by atoms with Crippen molar-refractivity contribution in [3.8, 4) is 0 Å². The number of aliphatic hydroxyl groups is 1. The van der Waals surface area contributed by atoms with Crippen LogP contribution in [0.5, 0.6) is 0 Å². The first-order valence-electron chi connectivity index (χ1n) is 18.4. The average molecular weight is 787 g/mol. The smallest absolute Gasteiger partial charge is 0.313 e. The second-order valence-electron chi connectivity index (χ2n) is 14.3. The topological polar surface area (TPSA) is 125 Å². The SMILES string of the molecule is C=CCCC(=O)NC[C@@H](OC(=O)[C@H]1[C@@H]2O[C@@]3(CC2Br)[C@@H]1C(=O)N([C@@H](CO)[C@@H](C)CC)[C@@H]3C(=O)N(CC=C)c1ccc2ccccc2c1)c1ccccc1. The van der Waals surface area contributed by atoms with Crippen molar-refractivity contribution in [1.82, 2.24) is 10.2 Å². The Morgan fingerprint density at radius 3 is 2.49 bits per heavy atom. The van der Waals surface area contributed by atoms with Gasteiger partial charge in [0.1, 0.15) is 17.7 Å². The van der Waals surface area contributed by atoms with Gasteiger partial charge in [-0.3, -0.25) is 19.2 Å². The molecule has 9 atom stereocenters. The maximum atomic E-state index is 15.2. The maximum Gasteiger partial charge on any atom is 0.313 e. The Morgan fingerprint density at radius 1 is 1.09 bits per heavy atom. The number of benzene rings is 3. The molecule has 3 aliphatic rings. The van der Waals surface area contributed by atoms with Gasteiger partial charge in [0.2, 0.25) is 11.8 Å². The number of hydrogen-bond donors (Lipinski definition) is 2. The molecule has 3 fully saturated rings. The fraction of sp³-hybridized carbons (Fsp3) is 0.429. The van der Waals surface area contributed by atoms with Crippen molar-refractivity contribution in [2.45, 2.75) is 74.3 Å². The van der Waals surface area contributed by atoms with E-state index in [1.165, 1.54) is 4.90 Å². The minimum Gasteiger partial charge on any atom is -0.455 e. The summed E-state index contributed by atoms with van der Waals surface area (Å²) in [5.74, 6) is -3.91. The van der Waals surface area contributed by atoms with E-state index in [1.807, 2.05) is 86.6 Å². The summed E-state index contributed by atoms with van der Waals surface area (Å²) in [6.07, 6.45) is 3.40. The number of likely N-dealkylation sites (tertiary alicyclic amines) is 1. The zero-order chi connectivity index (χ0) is 37.9. The highest BCUT2D eigenvalue weighted by Gasteiger charge is 2.77. The van der Waals surface area contributed by atoms with Gasteiger partial charge < -0.3 is 29.7 Å². The summed E-state index contributed by atoms with van der Waals surface area (Å²) in [6, 6.07) is 20.9. The van der Waals surface area contributed by atoms with Crippen LogP contribution in [-0.4, -0.2) is 82.0 Å². The molecule has 6 rings (SSSR count). The molecule has 1 unspecified atom stereocenters. The Labute approximate surface area is 319 Å². The Bertz CT molecular complexity index is 1850. The van der Waals surface area contributed by atoms with E-state index in [1.54, 1.807) is 17.1 Å². The van der Waals surface area contributed by atoms with Crippen LogP contribution < -0.4 is 10.2 Å². The van der Waals surface area contributed by atoms with E-state index in [-0.39, 0.29) is 48.7 Å². The lowest BCUT2D eigenvalue weighted by Crippen LogP contribution is -2.60. The van der Waals surface area contributed by atoms with E-state index in [2.05, 4.69) is 34.4 Å². The largest absolute Gasteiger partial charge is 0.455 e. The highest BCUT2D eigenvalue weighted by atomic mass is 79.9. The number of hydrogen-bond acceptors (Lipinski definition) is 7. The van der Waals surface area contributed by atoms with E-state index >= 15 is 4.79 Å². The summed E-state index contributed by atoms with van der Waals surface area (Å²) in [5, 5.41) is 15.7. The Morgan fingerprint density at radius 2 is 1.81 bits per heavy atom. The Kier molecular flexibility index (Phi) is 11.9. The van der Waals surface area contributed by atoms with Gasteiger partial charge in [-0.25, -0.2) is 0 Å². The molecule has 0 radical (unpaired) electrons. The molecule has 3 heterocycles. The number of nitrogens with zero attached hydrogens (tertiary/aromatic N) is 2. The highest BCUT2D eigenvalue weighted by Crippen LogP contribution is 2.61. The molecule has 3 aliphatic heterocycles. The number of esters is 1. The monoisotopic (exact) mass is 785 g/mol. The first-order chi connectivity index (χ1) is 25.6. The molecule has 280 valence electrons. The second-order valence-corrected chi connectivity index (χ2v) is 15.5. The lowest BCUT2D eigenvalue weighted by Gasteiger charge is -2.41. The van der Waals surface area contributed by atoms with Crippen molar-refractivity contribution < 1.29 is 33.8 Å².